The van der Waals surface area contributed by atoms with Crippen LogP contribution < -0.4 is 11.1 Å². The Bertz CT molecular complexity index is 1040. The minimum atomic E-state index is -0.676. The van der Waals surface area contributed by atoms with Crippen LogP contribution in [0.3, 0.4) is 0 Å². The third kappa shape index (κ3) is 5.03. The Kier molecular flexibility index (Phi) is 7.53. The molecule has 1 aliphatic carbocycles. The van der Waals surface area contributed by atoms with Gasteiger partial charge in [-0.1, -0.05) is 26.8 Å². The van der Waals surface area contributed by atoms with E-state index in [9.17, 15) is 18.4 Å². The van der Waals surface area contributed by atoms with Crippen molar-refractivity contribution in [1.29, 1.82) is 0 Å². The van der Waals surface area contributed by atoms with Crippen molar-refractivity contribution in [1.82, 2.24) is 20.4 Å². The summed E-state index contributed by atoms with van der Waals surface area (Å²) in [6, 6.07) is 4.81. The highest BCUT2D eigenvalue weighted by Crippen LogP contribution is 2.60. The molecule has 1 aliphatic rings. The van der Waals surface area contributed by atoms with Crippen molar-refractivity contribution in [2.24, 2.45) is 16.6 Å². The summed E-state index contributed by atoms with van der Waals surface area (Å²) in [5, 5.41) is 10.5. The molecule has 1 heterocycles. The van der Waals surface area contributed by atoms with E-state index in [4.69, 9.17) is 5.73 Å². The quantitative estimate of drug-likeness (QED) is 0.599. The van der Waals surface area contributed by atoms with Gasteiger partial charge in [0.25, 0.3) is 0 Å². The molecule has 3 rings (SSSR count). The molecule has 7 nitrogen and oxygen atoms in total. The average Bonchev–Trinajstić information content (AvgIpc) is 3.00. The molecular formula is C25H33F2N5O2. The van der Waals surface area contributed by atoms with E-state index in [1.165, 1.54) is 18.2 Å². The summed E-state index contributed by atoms with van der Waals surface area (Å²) < 4.78 is 28.7. The molecule has 3 N–H and O–H groups in total. The number of hydrogen-bond acceptors (Lipinski definition) is 4. The molecule has 34 heavy (non-hydrogen) atoms. The van der Waals surface area contributed by atoms with E-state index in [-0.39, 0.29) is 46.9 Å². The number of urea groups is 1. The maximum atomic E-state index is 14.3. The summed E-state index contributed by atoms with van der Waals surface area (Å²) in [6.45, 7) is 9.77. The number of carbonyl (C=O) groups excluding carboxylic acids is 2. The Morgan fingerprint density at radius 1 is 1.24 bits per heavy atom. The van der Waals surface area contributed by atoms with Gasteiger partial charge in [0.05, 0.1) is 17.5 Å². The number of nitrogens with zero attached hydrogens (tertiary/aromatic N) is 3. The molecule has 1 fully saturated rings. The zero-order valence-electron chi connectivity index (χ0n) is 20.2. The van der Waals surface area contributed by atoms with Crippen LogP contribution in [0.4, 0.5) is 13.6 Å². The van der Waals surface area contributed by atoms with E-state index in [2.05, 4.69) is 36.3 Å². The van der Waals surface area contributed by atoms with Gasteiger partial charge in [-0.3, -0.25) is 4.79 Å². The first-order chi connectivity index (χ1) is 16.0. The van der Waals surface area contributed by atoms with Crippen molar-refractivity contribution in [3.63, 3.8) is 0 Å². The van der Waals surface area contributed by atoms with E-state index in [0.29, 0.717) is 13.1 Å². The molecular weight excluding hydrogens is 440 g/mol. The zero-order chi connectivity index (χ0) is 25.1. The molecule has 0 unspecified atom stereocenters. The fourth-order valence-electron chi connectivity index (χ4n) is 5.12. The Hall–Kier alpha value is -3.10. The number of nitrogens with one attached hydrogen (secondary N) is 1. The maximum absolute atomic E-state index is 14.3. The number of carbonyl (C=O) groups is 2. The molecule has 184 valence electrons. The van der Waals surface area contributed by atoms with Crippen molar-refractivity contribution >= 4 is 11.9 Å². The number of aromatic nitrogens is 2. The minimum Gasteiger partial charge on any atom is -0.352 e. The Balaban J connectivity index is 1.82. The largest absolute Gasteiger partial charge is 0.352 e. The SMILES string of the molecule is CCN(C[C@@]1(C)CC[C@H](c2cnnc(-c3c(F)cccc3F)c2)C1(C)C)C(=O)CCNC(N)=O. The van der Waals surface area contributed by atoms with Crippen LogP contribution in [-0.2, 0) is 4.79 Å². The van der Waals surface area contributed by atoms with Gasteiger partial charge in [0, 0.05) is 26.1 Å². The lowest BCUT2D eigenvalue weighted by atomic mass is 9.64. The van der Waals surface area contributed by atoms with E-state index >= 15 is 0 Å². The second-order valence-corrected chi connectivity index (χ2v) is 9.79. The first-order valence-electron chi connectivity index (χ1n) is 11.6. The Morgan fingerprint density at radius 3 is 2.53 bits per heavy atom. The van der Waals surface area contributed by atoms with Crippen LogP contribution in [0.5, 0.6) is 0 Å². The van der Waals surface area contributed by atoms with E-state index in [1.54, 1.807) is 12.3 Å². The molecule has 0 saturated heterocycles. The molecule has 1 aromatic carbocycles. The summed E-state index contributed by atoms with van der Waals surface area (Å²) in [4.78, 5) is 25.5. The lowest BCUT2D eigenvalue weighted by Crippen LogP contribution is -2.46. The van der Waals surface area contributed by atoms with Crippen LogP contribution in [0.15, 0.2) is 30.5 Å². The van der Waals surface area contributed by atoms with Gasteiger partial charge in [-0.25, -0.2) is 13.6 Å². The molecule has 1 saturated carbocycles. The van der Waals surface area contributed by atoms with Crippen molar-refractivity contribution in [3.05, 3.63) is 47.7 Å². The van der Waals surface area contributed by atoms with Gasteiger partial charge in [0.2, 0.25) is 5.91 Å². The smallest absolute Gasteiger partial charge is 0.312 e. The molecule has 3 amide bonds. The monoisotopic (exact) mass is 473 g/mol. The third-order valence-electron chi connectivity index (χ3n) is 7.62. The van der Waals surface area contributed by atoms with Crippen LogP contribution in [0.1, 0.15) is 58.4 Å². The Morgan fingerprint density at radius 2 is 1.91 bits per heavy atom. The predicted molar refractivity (Wildman–Crippen MR) is 126 cm³/mol. The molecule has 9 heteroatoms. The van der Waals surface area contributed by atoms with Crippen molar-refractivity contribution in [2.75, 3.05) is 19.6 Å². The fourth-order valence-corrected chi connectivity index (χ4v) is 5.12. The van der Waals surface area contributed by atoms with Gasteiger partial charge >= 0.3 is 6.03 Å². The number of primary amides is 1. The third-order valence-corrected chi connectivity index (χ3v) is 7.62. The van der Waals surface area contributed by atoms with Crippen molar-refractivity contribution in [2.45, 2.75) is 52.9 Å². The van der Waals surface area contributed by atoms with Crippen LogP contribution in [0, 0.1) is 22.5 Å². The van der Waals surface area contributed by atoms with Gasteiger partial charge in [0.1, 0.15) is 11.6 Å². The van der Waals surface area contributed by atoms with E-state index in [1.807, 2.05) is 11.8 Å². The molecule has 2 atom stereocenters. The van der Waals surface area contributed by atoms with Crippen LogP contribution in [-0.4, -0.2) is 46.7 Å². The summed E-state index contributed by atoms with van der Waals surface area (Å²) >= 11 is 0. The summed E-state index contributed by atoms with van der Waals surface area (Å²) in [5.41, 5.74) is 5.52. The van der Waals surface area contributed by atoms with Gasteiger partial charge in [0.15, 0.2) is 0 Å². The molecule has 0 radical (unpaired) electrons. The van der Waals surface area contributed by atoms with Gasteiger partial charge in [-0.05, 0) is 60.3 Å². The zero-order valence-corrected chi connectivity index (χ0v) is 20.2. The van der Waals surface area contributed by atoms with Gasteiger partial charge in [-0.15, -0.1) is 0 Å². The lowest BCUT2D eigenvalue weighted by molar-refractivity contribution is -0.133. The topological polar surface area (TPSA) is 101 Å². The maximum Gasteiger partial charge on any atom is 0.312 e. The number of amides is 3. The highest BCUT2D eigenvalue weighted by atomic mass is 19.1. The number of benzene rings is 1. The lowest BCUT2D eigenvalue weighted by Gasteiger charge is -2.44. The summed E-state index contributed by atoms with van der Waals surface area (Å²) in [5.74, 6) is -1.32. The van der Waals surface area contributed by atoms with Crippen LogP contribution in [0.2, 0.25) is 0 Å². The van der Waals surface area contributed by atoms with Gasteiger partial charge < -0.3 is 16.0 Å². The fraction of sp³-hybridized carbons (Fsp3) is 0.520. The second kappa shape index (κ2) is 10.0. The van der Waals surface area contributed by atoms with Crippen LogP contribution >= 0.6 is 0 Å². The number of rotatable bonds is 8. The first kappa shape index (κ1) is 25.5. The summed E-state index contributed by atoms with van der Waals surface area (Å²) in [6.07, 6.45) is 3.57. The van der Waals surface area contributed by atoms with Gasteiger partial charge in [-0.2, -0.15) is 10.2 Å². The normalized spacial score (nSPS) is 21.3. The van der Waals surface area contributed by atoms with Crippen molar-refractivity contribution < 1.29 is 18.4 Å². The van der Waals surface area contributed by atoms with E-state index in [0.717, 1.165) is 18.4 Å². The number of hydrogen-bond donors (Lipinski definition) is 2. The standard InChI is InChI=1S/C25H33F2N5O2/c1-5-32(21(33)10-12-29-23(28)34)15-25(4)11-9-17(24(25,2)3)16-13-20(31-30-14-16)22-18(26)7-6-8-19(22)27/h6-8,13-14,17H,5,9-12,15H2,1-4H3,(H3,28,29,34)/t17-,25-/m1/s1. The number of nitrogens with two attached hydrogens (primary N) is 1. The molecule has 0 aliphatic heterocycles. The highest BCUT2D eigenvalue weighted by Gasteiger charge is 2.52. The predicted octanol–water partition coefficient (Wildman–Crippen LogP) is 4.24. The summed E-state index contributed by atoms with van der Waals surface area (Å²) in [7, 11) is 0. The number of halogens is 2. The molecule has 0 bridgehead atoms. The van der Waals surface area contributed by atoms with Crippen molar-refractivity contribution in [3.8, 4) is 11.3 Å². The molecule has 0 spiro atoms. The average molecular weight is 474 g/mol. The Labute approximate surface area is 199 Å². The van der Waals surface area contributed by atoms with Crippen LogP contribution in [0.25, 0.3) is 11.3 Å². The van der Waals surface area contributed by atoms with E-state index < -0.39 is 17.7 Å². The minimum absolute atomic E-state index is 0.0420. The second-order valence-electron chi connectivity index (χ2n) is 9.79. The molecule has 2 aromatic rings. The highest BCUT2D eigenvalue weighted by molar-refractivity contribution is 5.77. The first-order valence-corrected chi connectivity index (χ1v) is 11.6. The molecule has 1 aromatic heterocycles.